The molecule has 1 aromatic rings. The molecule has 0 aliphatic rings. The zero-order chi connectivity index (χ0) is 10.1. The Labute approximate surface area is 80.4 Å². The monoisotopic (exact) mass is 178 g/mol. The van der Waals surface area contributed by atoms with Crippen molar-refractivity contribution in [2.45, 2.75) is 40.5 Å². The second-order valence-corrected chi connectivity index (χ2v) is 4.61. The Bertz CT molecular complexity index is 286. The lowest BCUT2D eigenvalue weighted by atomic mass is 9.79. The summed E-state index contributed by atoms with van der Waals surface area (Å²) in [5.41, 5.74) is 2.42. The lowest BCUT2D eigenvalue weighted by Gasteiger charge is -2.27. The maximum absolute atomic E-state index is 4.38. The van der Waals surface area contributed by atoms with E-state index in [2.05, 4.69) is 37.7 Å². The summed E-state index contributed by atoms with van der Waals surface area (Å²) < 4.78 is 0. The molecule has 0 amide bonds. The van der Waals surface area contributed by atoms with Crippen LogP contribution in [-0.4, -0.2) is 9.97 Å². The van der Waals surface area contributed by atoms with Crippen molar-refractivity contribution in [3.05, 3.63) is 23.8 Å². The smallest absolute Gasteiger partial charge is 0.0649 e. The van der Waals surface area contributed by atoms with Crippen LogP contribution in [-0.2, 0) is 0 Å². The third kappa shape index (κ3) is 2.27. The van der Waals surface area contributed by atoms with Gasteiger partial charge >= 0.3 is 0 Å². The first kappa shape index (κ1) is 10.2. The highest BCUT2D eigenvalue weighted by atomic mass is 14.8. The molecule has 1 aromatic heterocycles. The standard InChI is InChI=1S/C11H18N2/c1-8(11(3,4)5)10-9(2)12-6-7-13-10/h6-8H,1-5H3. The van der Waals surface area contributed by atoms with E-state index in [4.69, 9.17) is 0 Å². The van der Waals surface area contributed by atoms with Crippen molar-refractivity contribution in [1.29, 1.82) is 0 Å². The van der Waals surface area contributed by atoms with E-state index in [0.29, 0.717) is 5.92 Å². The van der Waals surface area contributed by atoms with E-state index in [9.17, 15) is 0 Å². The third-order valence-corrected chi connectivity index (χ3v) is 2.63. The summed E-state index contributed by atoms with van der Waals surface area (Å²) in [6.45, 7) is 10.9. The number of aryl methyl sites for hydroxylation is 1. The second-order valence-electron chi connectivity index (χ2n) is 4.61. The first-order valence-electron chi connectivity index (χ1n) is 4.70. The van der Waals surface area contributed by atoms with Crippen LogP contribution >= 0.6 is 0 Å². The van der Waals surface area contributed by atoms with Crippen molar-refractivity contribution < 1.29 is 0 Å². The van der Waals surface area contributed by atoms with Crippen LogP contribution in [0, 0.1) is 12.3 Å². The van der Waals surface area contributed by atoms with E-state index < -0.39 is 0 Å². The van der Waals surface area contributed by atoms with Crippen molar-refractivity contribution in [3.63, 3.8) is 0 Å². The lowest BCUT2D eigenvalue weighted by molar-refractivity contribution is 0.332. The highest BCUT2D eigenvalue weighted by Crippen LogP contribution is 2.33. The molecule has 1 rings (SSSR count). The molecular weight excluding hydrogens is 160 g/mol. The van der Waals surface area contributed by atoms with Gasteiger partial charge in [0, 0.05) is 18.3 Å². The van der Waals surface area contributed by atoms with Gasteiger partial charge in [-0.15, -0.1) is 0 Å². The zero-order valence-electron chi connectivity index (χ0n) is 9.13. The van der Waals surface area contributed by atoms with Crippen LogP contribution < -0.4 is 0 Å². The summed E-state index contributed by atoms with van der Waals surface area (Å²) in [5, 5.41) is 0. The topological polar surface area (TPSA) is 25.8 Å². The highest BCUT2D eigenvalue weighted by molar-refractivity contribution is 5.15. The van der Waals surface area contributed by atoms with Gasteiger partial charge in [0.25, 0.3) is 0 Å². The van der Waals surface area contributed by atoms with Crippen molar-refractivity contribution in [1.82, 2.24) is 9.97 Å². The largest absolute Gasteiger partial charge is 0.258 e. The summed E-state index contributed by atoms with van der Waals surface area (Å²) in [6.07, 6.45) is 3.51. The molecule has 13 heavy (non-hydrogen) atoms. The lowest BCUT2D eigenvalue weighted by Crippen LogP contribution is -2.17. The molecule has 0 N–H and O–H groups in total. The number of hydrogen-bond acceptors (Lipinski definition) is 2. The van der Waals surface area contributed by atoms with Crippen LogP contribution in [0.4, 0.5) is 0 Å². The molecule has 0 radical (unpaired) electrons. The Kier molecular flexibility index (Phi) is 2.69. The van der Waals surface area contributed by atoms with Crippen molar-refractivity contribution in [2.75, 3.05) is 0 Å². The van der Waals surface area contributed by atoms with Crippen molar-refractivity contribution >= 4 is 0 Å². The summed E-state index contributed by atoms with van der Waals surface area (Å²) in [5.74, 6) is 0.446. The molecular formula is C11H18N2. The fourth-order valence-electron chi connectivity index (χ4n) is 1.25. The van der Waals surface area contributed by atoms with E-state index in [1.165, 1.54) is 0 Å². The van der Waals surface area contributed by atoms with Gasteiger partial charge in [0.2, 0.25) is 0 Å². The van der Waals surface area contributed by atoms with Crippen LogP contribution in [0.15, 0.2) is 12.4 Å². The number of nitrogens with zero attached hydrogens (tertiary/aromatic N) is 2. The SMILES string of the molecule is Cc1nccnc1C(C)C(C)(C)C. The third-order valence-electron chi connectivity index (χ3n) is 2.63. The normalized spacial score (nSPS) is 14.2. The fourth-order valence-corrected chi connectivity index (χ4v) is 1.25. The Morgan fingerprint density at radius 2 is 1.69 bits per heavy atom. The number of rotatable bonds is 1. The van der Waals surface area contributed by atoms with Gasteiger partial charge in [0.1, 0.15) is 0 Å². The molecule has 0 fully saturated rings. The first-order valence-corrected chi connectivity index (χ1v) is 4.70. The predicted molar refractivity (Wildman–Crippen MR) is 54.6 cm³/mol. The molecule has 0 spiro atoms. The van der Waals surface area contributed by atoms with E-state index in [1.54, 1.807) is 12.4 Å². The Morgan fingerprint density at radius 1 is 1.15 bits per heavy atom. The van der Waals surface area contributed by atoms with E-state index in [-0.39, 0.29) is 5.41 Å². The van der Waals surface area contributed by atoms with Crippen LogP contribution in [0.1, 0.15) is 45.0 Å². The van der Waals surface area contributed by atoms with E-state index in [1.807, 2.05) is 6.92 Å². The molecule has 0 aliphatic carbocycles. The Hall–Kier alpha value is -0.920. The number of aromatic nitrogens is 2. The Morgan fingerprint density at radius 3 is 2.15 bits per heavy atom. The molecule has 72 valence electrons. The van der Waals surface area contributed by atoms with Crippen LogP contribution in [0.3, 0.4) is 0 Å². The summed E-state index contributed by atoms with van der Waals surface area (Å²) >= 11 is 0. The molecule has 1 unspecified atom stereocenters. The van der Waals surface area contributed by atoms with Gasteiger partial charge in [-0.25, -0.2) is 0 Å². The minimum Gasteiger partial charge on any atom is -0.258 e. The van der Waals surface area contributed by atoms with Gasteiger partial charge in [-0.3, -0.25) is 9.97 Å². The predicted octanol–water partition coefficient (Wildman–Crippen LogP) is 2.93. The van der Waals surface area contributed by atoms with Gasteiger partial charge in [0.15, 0.2) is 0 Å². The van der Waals surface area contributed by atoms with Crippen LogP contribution in [0.25, 0.3) is 0 Å². The van der Waals surface area contributed by atoms with Gasteiger partial charge in [-0.1, -0.05) is 27.7 Å². The first-order chi connectivity index (χ1) is 5.93. The highest BCUT2D eigenvalue weighted by Gasteiger charge is 2.24. The van der Waals surface area contributed by atoms with Crippen molar-refractivity contribution in [2.24, 2.45) is 5.41 Å². The molecule has 1 atom stereocenters. The molecule has 0 aromatic carbocycles. The molecule has 0 saturated heterocycles. The van der Waals surface area contributed by atoms with Gasteiger partial charge in [-0.2, -0.15) is 0 Å². The van der Waals surface area contributed by atoms with Gasteiger partial charge < -0.3 is 0 Å². The van der Waals surface area contributed by atoms with E-state index >= 15 is 0 Å². The summed E-state index contributed by atoms with van der Waals surface area (Å²) in [6, 6.07) is 0. The second kappa shape index (κ2) is 3.44. The summed E-state index contributed by atoms with van der Waals surface area (Å²) in [7, 11) is 0. The average Bonchev–Trinajstić information content (AvgIpc) is 2.02. The molecule has 1 heterocycles. The molecule has 0 aliphatic heterocycles. The minimum absolute atomic E-state index is 0.251. The maximum atomic E-state index is 4.38. The molecule has 0 saturated carbocycles. The molecule has 0 bridgehead atoms. The van der Waals surface area contributed by atoms with Crippen LogP contribution in [0.5, 0.6) is 0 Å². The molecule has 2 nitrogen and oxygen atoms in total. The summed E-state index contributed by atoms with van der Waals surface area (Å²) in [4.78, 5) is 8.63. The van der Waals surface area contributed by atoms with Gasteiger partial charge in [-0.05, 0) is 12.3 Å². The molecule has 2 heteroatoms. The number of hydrogen-bond donors (Lipinski definition) is 0. The zero-order valence-corrected chi connectivity index (χ0v) is 9.13. The van der Waals surface area contributed by atoms with Crippen molar-refractivity contribution in [3.8, 4) is 0 Å². The maximum Gasteiger partial charge on any atom is 0.0649 e. The average molecular weight is 178 g/mol. The quantitative estimate of drug-likeness (QED) is 0.660. The minimum atomic E-state index is 0.251. The Balaban J connectivity index is 3.02. The van der Waals surface area contributed by atoms with Gasteiger partial charge in [0.05, 0.1) is 11.4 Å². The van der Waals surface area contributed by atoms with E-state index in [0.717, 1.165) is 11.4 Å². The fraction of sp³-hybridized carbons (Fsp3) is 0.636. The van der Waals surface area contributed by atoms with Crippen LogP contribution in [0.2, 0.25) is 0 Å².